The molecule has 0 aromatic heterocycles. The molecule has 0 radical (unpaired) electrons. The van der Waals surface area contributed by atoms with Crippen molar-refractivity contribution < 1.29 is 19.4 Å². The second-order valence-electron chi connectivity index (χ2n) is 4.32. The van der Waals surface area contributed by atoms with Crippen LogP contribution in [0.1, 0.15) is 45.4 Å². The third kappa shape index (κ3) is 2.82. The fourth-order valence-electron chi connectivity index (χ4n) is 2.31. The van der Waals surface area contributed by atoms with Gasteiger partial charge >= 0.3 is 5.97 Å². The molecule has 1 atom stereocenters. The predicted molar refractivity (Wildman–Crippen MR) is 59.3 cm³/mol. The van der Waals surface area contributed by atoms with Gasteiger partial charge in [0.05, 0.1) is 0 Å². The van der Waals surface area contributed by atoms with E-state index in [0.29, 0.717) is 38.9 Å². The Kier molecular flexibility index (Phi) is 4.93. The summed E-state index contributed by atoms with van der Waals surface area (Å²) in [5.74, 6) is -1.04. The lowest BCUT2D eigenvalue weighted by Gasteiger charge is -2.31. The molecule has 92 valence electrons. The maximum Gasteiger partial charge on any atom is 0.317 e. The molecule has 0 amide bonds. The van der Waals surface area contributed by atoms with Crippen LogP contribution in [0, 0.1) is 5.41 Å². The molecule has 1 N–H and O–H groups in total. The summed E-state index contributed by atoms with van der Waals surface area (Å²) in [5.41, 5.74) is -1.12. The Morgan fingerprint density at radius 2 is 2.25 bits per heavy atom. The number of hydrogen-bond donors (Lipinski definition) is 1. The second-order valence-corrected chi connectivity index (χ2v) is 4.32. The normalized spacial score (nSPS) is 25.7. The largest absolute Gasteiger partial charge is 0.480 e. The maximum absolute atomic E-state index is 11.8. The molecule has 0 aliphatic heterocycles. The number of hydrogen-bond acceptors (Lipinski definition) is 3. The lowest BCUT2D eigenvalue weighted by atomic mass is 9.70. The second kappa shape index (κ2) is 5.99. The molecule has 0 saturated heterocycles. The van der Waals surface area contributed by atoms with Crippen molar-refractivity contribution in [1.29, 1.82) is 0 Å². The molecule has 1 fully saturated rings. The molecule has 1 aliphatic rings. The summed E-state index contributed by atoms with van der Waals surface area (Å²) in [7, 11) is 0. The summed E-state index contributed by atoms with van der Waals surface area (Å²) in [6.45, 7) is 3.07. The molecule has 0 aromatic carbocycles. The first kappa shape index (κ1) is 13.2. The zero-order valence-electron chi connectivity index (χ0n) is 9.83. The Bertz CT molecular complexity index is 262. The molecule has 0 bridgehead atoms. The van der Waals surface area contributed by atoms with Gasteiger partial charge in [-0.05, 0) is 32.6 Å². The van der Waals surface area contributed by atoms with Crippen LogP contribution in [0.5, 0.6) is 0 Å². The molecule has 0 heterocycles. The van der Waals surface area contributed by atoms with Crippen molar-refractivity contribution in [3.63, 3.8) is 0 Å². The van der Waals surface area contributed by atoms with Gasteiger partial charge < -0.3 is 9.84 Å². The summed E-state index contributed by atoms with van der Waals surface area (Å²) in [6, 6.07) is 0. The van der Waals surface area contributed by atoms with Crippen LogP contribution in [0.25, 0.3) is 0 Å². The van der Waals surface area contributed by atoms with Crippen LogP contribution < -0.4 is 0 Å². The smallest absolute Gasteiger partial charge is 0.317 e. The number of rotatable bonds is 6. The molecule has 4 nitrogen and oxygen atoms in total. The van der Waals surface area contributed by atoms with Crippen molar-refractivity contribution in [3.8, 4) is 0 Å². The van der Waals surface area contributed by atoms with Gasteiger partial charge in [0.25, 0.3) is 0 Å². The Balaban J connectivity index is 2.57. The van der Waals surface area contributed by atoms with E-state index in [9.17, 15) is 14.7 Å². The van der Waals surface area contributed by atoms with Crippen LogP contribution in [0.3, 0.4) is 0 Å². The SMILES string of the molecule is CCOCCCC1(C(=O)O)CCCCC1=O. The molecule has 1 unspecified atom stereocenters. The van der Waals surface area contributed by atoms with E-state index >= 15 is 0 Å². The molecule has 1 rings (SSSR count). The summed E-state index contributed by atoms with van der Waals surface area (Å²) in [6.07, 6.45) is 3.65. The van der Waals surface area contributed by atoms with E-state index in [1.807, 2.05) is 6.92 Å². The molecular weight excluding hydrogens is 208 g/mol. The fraction of sp³-hybridized carbons (Fsp3) is 0.833. The van der Waals surface area contributed by atoms with Gasteiger partial charge in [-0.2, -0.15) is 0 Å². The van der Waals surface area contributed by atoms with E-state index in [2.05, 4.69) is 0 Å². The van der Waals surface area contributed by atoms with Gasteiger partial charge in [0, 0.05) is 19.6 Å². The number of carboxylic acids is 1. The van der Waals surface area contributed by atoms with E-state index < -0.39 is 11.4 Å². The van der Waals surface area contributed by atoms with Crippen molar-refractivity contribution in [2.75, 3.05) is 13.2 Å². The summed E-state index contributed by atoms with van der Waals surface area (Å²) in [4.78, 5) is 23.1. The minimum Gasteiger partial charge on any atom is -0.480 e. The van der Waals surface area contributed by atoms with Gasteiger partial charge in [-0.1, -0.05) is 6.42 Å². The third-order valence-electron chi connectivity index (χ3n) is 3.30. The minimum absolute atomic E-state index is 0.0947. The van der Waals surface area contributed by atoms with Gasteiger partial charge in [-0.3, -0.25) is 9.59 Å². The van der Waals surface area contributed by atoms with Gasteiger partial charge in [0.2, 0.25) is 0 Å². The van der Waals surface area contributed by atoms with Crippen LogP contribution in [0.4, 0.5) is 0 Å². The van der Waals surface area contributed by atoms with Crippen molar-refractivity contribution in [2.45, 2.75) is 45.4 Å². The van der Waals surface area contributed by atoms with Crippen molar-refractivity contribution in [3.05, 3.63) is 0 Å². The first-order valence-electron chi connectivity index (χ1n) is 5.98. The molecular formula is C12H20O4. The number of ether oxygens (including phenoxy) is 1. The quantitative estimate of drug-likeness (QED) is 0.558. The van der Waals surface area contributed by atoms with E-state index in [1.54, 1.807) is 0 Å². The van der Waals surface area contributed by atoms with Crippen molar-refractivity contribution in [2.24, 2.45) is 5.41 Å². The summed E-state index contributed by atoms with van der Waals surface area (Å²) >= 11 is 0. The van der Waals surface area contributed by atoms with Gasteiger partial charge in [0.15, 0.2) is 0 Å². The van der Waals surface area contributed by atoms with E-state index in [1.165, 1.54) is 0 Å². The maximum atomic E-state index is 11.8. The lowest BCUT2D eigenvalue weighted by Crippen LogP contribution is -2.41. The van der Waals surface area contributed by atoms with Crippen LogP contribution in [-0.4, -0.2) is 30.1 Å². The van der Waals surface area contributed by atoms with Crippen LogP contribution in [-0.2, 0) is 14.3 Å². The fourth-order valence-corrected chi connectivity index (χ4v) is 2.31. The molecule has 1 saturated carbocycles. The summed E-state index contributed by atoms with van der Waals surface area (Å²) < 4.78 is 5.18. The Labute approximate surface area is 96.0 Å². The van der Waals surface area contributed by atoms with Crippen LogP contribution >= 0.6 is 0 Å². The van der Waals surface area contributed by atoms with Crippen LogP contribution in [0.2, 0.25) is 0 Å². The van der Waals surface area contributed by atoms with E-state index in [0.717, 1.165) is 12.8 Å². The molecule has 0 aromatic rings. The Hall–Kier alpha value is -0.900. The number of carboxylic acid groups (broad SMARTS) is 1. The lowest BCUT2D eigenvalue weighted by molar-refractivity contribution is -0.158. The van der Waals surface area contributed by atoms with Gasteiger partial charge in [-0.25, -0.2) is 0 Å². The van der Waals surface area contributed by atoms with Crippen molar-refractivity contribution in [1.82, 2.24) is 0 Å². The molecule has 0 spiro atoms. The topological polar surface area (TPSA) is 63.6 Å². The standard InChI is InChI=1S/C12H20O4/c1-2-16-9-5-8-12(11(14)15)7-4-3-6-10(12)13/h2-9H2,1H3,(H,14,15). The molecule has 16 heavy (non-hydrogen) atoms. The Morgan fingerprint density at radius 3 is 2.81 bits per heavy atom. The minimum atomic E-state index is -1.12. The van der Waals surface area contributed by atoms with E-state index in [4.69, 9.17) is 4.74 Å². The van der Waals surface area contributed by atoms with Gasteiger partial charge in [-0.15, -0.1) is 0 Å². The summed E-state index contributed by atoms with van der Waals surface area (Å²) in [5, 5.41) is 9.25. The highest BCUT2D eigenvalue weighted by Crippen LogP contribution is 2.37. The number of carbonyl (C=O) groups is 2. The molecule has 4 heteroatoms. The number of ketones is 1. The Morgan fingerprint density at radius 1 is 1.50 bits per heavy atom. The monoisotopic (exact) mass is 228 g/mol. The zero-order valence-corrected chi connectivity index (χ0v) is 9.83. The van der Waals surface area contributed by atoms with Gasteiger partial charge in [0.1, 0.15) is 11.2 Å². The highest BCUT2D eigenvalue weighted by atomic mass is 16.5. The zero-order chi connectivity index (χ0) is 12.0. The molecule has 1 aliphatic carbocycles. The first-order valence-corrected chi connectivity index (χ1v) is 5.98. The third-order valence-corrected chi connectivity index (χ3v) is 3.30. The highest BCUT2D eigenvalue weighted by molar-refractivity contribution is 6.03. The highest BCUT2D eigenvalue weighted by Gasteiger charge is 2.45. The van der Waals surface area contributed by atoms with Crippen molar-refractivity contribution >= 4 is 11.8 Å². The number of carbonyl (C=O) groups excluding carboxylic acids is 1. The predicted octanol–water partition coefficient (Wildman–Crippen LogP) is 2.02. The van der Waals surface area contributed by atoms with Crippen LogP contribution in [0.15, 0.2) is 0 Å². The van der Waals surface area contributed by atoms with E-state index in [-0.39, 0.29) is 5.78 Å². The number of aliphatic carboxylic acids is 1. The average Bonchev–Trinajstić information content (AvgIpc) is 2.26. The number of Topliss-reactive ketones (excluding diaryl/α,β-unsaturated/α-hetero) is 1. The first-order chi connectivity index (χ1) is 7.63. The average molecular weight is 228 g/mol.